The Morgan fingerprint density at radius 3 is 2.17 bits per heavy atom. The van der Waals surface area contributed by atoms with E-state index in [4.69, 9.17) is 10.5 Å². The molecule has 1 heterocycles. The van der Waals surface area contributed by atoms with E-state index in [0.717, 1.165) is 30.8 Å². The van der Waals surface area contributed by atoms with E-state index in [9.17, 15) is 4.79 Å². The van der Waals surface area contributed by atoms with Crippen LogP contribution in [0.1, 0.15) is 36.6 Å². The molecule has 0 radical (unpaired) electrons. The second kappa shape index (κ2) is 12.2. The summed E-state index contributed by atoms with van der Waals surface area (Å²) >= 11 is 0. The van der Waals surface area contributed by atoms with Crippen LogP contribution in [0, 0.1) is 0 Å². The molecule has 3 N–H and O–H groups in total. The predicted octanol–water partition coefficient (Wildman–Crippen LogP) is 3.46. The van der Waals surface area contributed by atoms with Gasteiger partial charge >= 0.3 is 0 Å². The van der Waals surface area contributed by atoms with Crippen LogP contribution in [-0.4, -0.2) is 36.1 Å². The number of amides is 1. The molecule has 2 aromatic rings. The summed E-state index contributed by atoms with van der Waals surface area (Å²) in [5, 5.41) is 2.92. The minimum atomic E-state index is -0.643. The molecule has 0 bridgehead atoms. The summed E-state index contributed by atoms with van der Waals surface area (Å²) in [5.74, 6) is -0.165. The Morgan fingerprint density at radius 1 is 1.03 bits per heavy atom. The van der Waals surface area contributed by atoms with Gasteiger partial charge in [-0.3, -0.25) is 9.69 Å². The Kier molecular flexibility index (Phi) is 10.6. The van der Waals surface area contributed by atoms with Gasteiger partial charge in [-0.1, -0.05) is 54.6 Å². The number of nitrogens with one attached hydrogen (secondary N) is 1. The monoisotopic (exact) mass is 439 g/mol. The molecule has 0 aromatic heterocycles. The molecule has 1 aliphatic rings. The molecule has 3 rings (SSSR count). The van der Waals surface area contributed by atoms with Crippen LogP contribution in [0.25, 0.3) is 0 Å². The van der Waals surface area contributed by atoms with Crippen molar-refractivity contribution >= 4 is 30.7 Å². The number of halogens is 2. The molecule has 0 spiro atoms. The highest BCUT2D eigenvalue weighted by atomic mass is 35.5. The van der Waals surface area contributed by atoms with Gasteiger partial charge in [0.05, 0.1) is 12.2 Å². The maximum atomic E-state index is 12.3. The molecule has 1 fully saturated rings. The molecule has 29 heavy (non-hydrogen) atoms. The van der Waals surface area contributed by atoms with Gasteiger partial charge in [0, 0.05) is 26.2 Å². The largest absolute Gasteiger partial charge is 0.373 e. The number of nitrogens with zero attached hydrogens (tertiary/aromatic N) is 1. The van der Waals surface area contributed by atoms with Gasteiger partial charge in [-0.2, -0.15) is 0 Å². The van der Waals surface area contributed by atoms with Crippen molar-refractivity contribution in [2.45, 2.75) is 45.2 Å². The lowest BCUT2D eigenvalue weighted by atomic mass is 10.1. The SMILES string of the molecule is CC1CN(Cc2ccc(CNC(=O)C(N)c3ccccc3)cc2)CC(C)O1.Cl.Cl. The van der Waals surface area contributed by atoms with Gasteiger partial charge in [0.25, 0.3) is 0 Å². The molecule has 0 aliphatic carbocycles. The minimum Gasteiger partial charge on any atom is -0.373 e. The number of nitrogens with two attached hydrogens (primary N) is 1. The maximum absolute atomic E-state index is 12.3. The predicted molar refractivity (Wildman–Crippen MR) is 121 cm³/mol. The minimum absolute atomic E-state index is 0. The van der Waals surface area contributed by atoms with Gasteiger partial charge < -0.3 is 15.8 Å². The summed E-state index contributed by atoms with van der Waals surface area (Å²) in [6.45, 7) is 7.55. The number of carbonyl (C=O) groups is 1. The normalized spacial score (nSPS) is 20.1. The van der Waals surface area contributed by atoms with Crippen LogP contribution < -0.4 is 11.1 Å². The summed E-state index contributed by atoms with van der Waals surface area (Å²) in [5.41, 5.74) is 9.18. The van der Waals surface area contributed by atoms with Crippen molar-refractivity contribution in [1.29, 1.82) is 0 Å². The van der Waals surface area contributed by atoms with Gasteiger partial charge in [0.1, 0.15) is 6.04 Å². The second-order valence-electron chi connectivity index (χ2n) is 7.37. The summed E-state index contributed by atoms with van der Waals surface area (Å²) in [7, 11) is 0. The Hall–Kier alpha value is -1.63. The van der Waals surface area contributed by atoms with E-state index < -0.39 is 6.04 Å². The molecular formula is C22H31Cl2N3O2. The van der Waals surface area contributed by atoms with Crippen molar-refractivity contribution < 1.29 is 9.53 Å². The van der Waals surface area contributed by atoms with Crippen molar-refractivity contribution in [3.05, 3.63) is 71.3 Å². The first kappa shape index (κ1) is 25.4. The third kappa shape index (κ3) is 7.61. The highest BCUT2D eigenvalue weighted by Gasteiger charge is 2.22. The lowest BCUT2D eigenvalue weighted by Gasteiger charge is -2.35. The van der Waals surface area contributed by atoms with E-state index >= 15 is 0 Å². The zero-order valence-corrected chi connectivity index (χ0v) is 18.5. The van der Waals surface area contributed by atoms with Crippen LogP contribution >= 0.6 is 24.8 Å². The Bertz CT molecular complexity index is 733. The van der Waals surface area contributed by atoms with Gasteiger partial charge in [-0.05, 0) is 30.5 Å². The number of hydrogen-bond acceptors (Lipinski definition) is 4. The average Bonchev–Trinajstić information content (AvgIpc) is 2.66. The summed E-state index contributed by atoms with van der Waals surface area (Å²) in [6.07, 6.45) is 0.550. The van der Waals surface area contributed by atoms with Crippen LogP contribution in [0.4, 0.5) is 0 Å². The standard InChI is InChI=1S/C22H29N3O2.2ClH/c1-16-13-25(14-17(2)27-16)15-19-10-8-18(9-11-19)12-24-22(26)21(23)20-6-4-3-5-7-20;;/h3-11,16-17,21H,12-15,23H2,1-2H3,(H,24,26);2*1H. The molecule has 1 amide bonds. The molecule has 7 heteroatoms. The van der Waals surface area contributed by atoms with E-state index in [1.807, 2.05) is 30.3 Å². The molecule has 0 saturated carbocycles. The van der Waals surface area contributed by atoms with Crippen molar-refractivity contribution in [2.75, 3.05) is 13.1 Å². The molecule has 5 nitrogen and oxygen atoms in total. The first-order chi connectivity index (χ1) is 13.0. The fraction of sp³-hybridized carbons (Fsp3) is 0.409. The van der Waals surface area contributed by atoms with Gasteiger partial charge in [-0.15, -0.1) is 24.8 Å². The molecule has 1 aliphatic heterocycles. The van der Waals surface area contributed by atoms with E-state index in [0.29, 0.717) is 6.54 Å². The Balaban J connectivity index is 0.00000210. The molecular weight excluding hydrogens is 409 g/mol. The average molecular weight is 440 g/mol. The fourth-order valence-corrected chi connectivity index (χ4v) is 3.55. The summed E-state index contributed by atoms with van der Waals surface area (Å²) in [6, 6.07) is 17.2. The quantitative estimate of drug-likeness (QED) is 0.722. The van der Waals surface area contributed by atoms with Crippen molar-refractivity contribution in [3.63, 3.8) is 0 Å². The lowest BCUT2D eigenvalue weighted by Crippen LogP contribution is -2.44. The topological polar surface area (TPSA) is 67.6 Å². The third-order valence-electron chi connectivity index (χ3n) is 4.83. The first-order valence-electron chi connectivity index (χ1n) is 9.55. The smallest absolute Gasteiger partial charge is 0.241 e. The van der Waals surface area contributed by atoms with E-state index in [1.165, 1.54) is 5.56 Å². The third-order valence-corrected chi connectivity index (χ3v) is 4.83. The van der Waals surface area contributed by atoms with Crippen molar-refractivity contribution in [1.82, 2.24) is 10.2 Å². The molecule has 3 atom stereocenters. The molecule has 1 saturated heterocycles. The number of rotatable bonds is 6. The summed E-state index contributed by atoms with van der Waals surface area (Å²) in [4.78, 5) is 14.7. The number of ether oxygens (including phenoxy) is 1. The maximum Gasteiger partial charge on any atom is 0.241 e. The van der Waals surface area contributed by atoms with Gasteiger partial charge in [0.2, 0.25) is 5.91 Å². The van der Waals surface area contributed by atoms with Crippen LogP contribution in [0.2, 0.25) is 0 Å². The second-order valence-corrected chi connectivity index (χ2v) is 7.37. The van der Waals surface area contributed by atoms with Crippen molar-refractivity contribution in [3.8, 4) is 0 Å². The molecule has 3 unspecified atom stereocenters. The molecule has 2 aromatic carbocycles. The molecule has 160 valence electrons. The zero-order valence-electron chi connectivity index (χ0n) is 16.9. The lowest BCUT2D eigenvalue weighted by molar-refractivity contribution is -0.122. The first-order valence-corrected chi connectivity index (χ1v) is 9.55. The van der Waals surface area contributed by atoms with Crippen LogP contribution in [-0.2, 0) is 22.6 Å². The van der Waals surface area contributed by atoms with E-state index in [1.54, 1.807) is 0 Å². The Labute approximate surface area is 185 Å². The van der Waals surface area contributed by atoms with E-state index in [-0.39, 0.29) is 42.9 Å². The fourth-order valence-electron chi connectivity index (χ4n) is 3.55. The number of carbonyl (C=O) groups excluding carboxylic acids is 1. The van der Waals surface area contributed by atoms with Crippen LogP contribution in [0.3, 0.4) is 0 Å². The summed E-state index contributed by atoms with van der Waals surface area (Å²) < 4.78 is 5.79. The van der Waals surface area contributed by atoms with Crippen molar-refractivity contribution in [2.24, 2.45) is 5.73 Å². The number of morpholine rings is 1. The van der Waals surface area contributed by atoms with E-state index in [2.05, 4.69) is 48.3 Å². The van der Waals surface area contributed by atoms with Gasteiger partial charge in [0.15, 0.2) is 0 Å². The highest BCUT2D eigenvalue weighted by Crippen LogP contribution is 2.15. The number of hydrogen-bond donors (Lipinski definition) is 2. The van der Waals surface area contributed by atoms with Crippen LogP contribution in [0.15, 0.2) is 54.6 Å². The van der Waals surface area contributed by atoms with Gasteiger partial charge in [-0.25, -0.2) is 0 Å². The highest BCUT2D eigenvalue weighted by molar-refractivity contribution is 5.85. The number of benzene rings is 2. The van der Waals surface area contributed by atoms with Crippen LogP contribution in [0.5, 0.6) is 0 Å². The zero-order chi connectivity index (χ0) is 19.2. The Morgan fingerprint density at radius 2 is 1.59 bits per heavy atom.